The van der Waals surface area contributed by atoms with Gasteiger partial charge in [0, 0.05) is 5.02 Å². The summed E-state index contributed by atoms with van der Waals surface area (Å²) in [5, 5.41) is -1.22. The molecule has 0 radical (unpaired) electrons. The summed E-state index contributed by atoms with van der Waals surface area (Å²) in [6.45, 7) is 0. The quantitative estimate of drug-likeness (QED) is 0.555. The smallest absolute Gasteiger partial charge is 0.312 e. The van der Waals surface area contributed by atoms with Crippen molar-refractivity contribution in [3.8, 4) is 0 Å². The lowest BCUT2D eigenvalue weighted by Gasteiger charge is -2.41. The fraction of sp³-hybridized carbons (Fsp3) is 0. The zero-order chi connectivity index (χ0) is 12.1. The average molecular weight is 288 g/mol. The molecule has 0 aliphatic rings. The number of halogens is 7. The SMILES string of the molecule is Nc1c(Cl)cc(Cl)cc1S(F)(F)(F)(F)F. The van der Waals surface area contributed by atoms with Gasteiger partial charge in [0.1, 0.15) is 4.90 Å². The molecule has 1 aromatic rings. The van der Waals surface area contributed by atoms with Crippen molar-refractivity contribution < 1.29 is 19.4 Å². The minimum atomic E-state index is -9.84. The van der Waals surface area contributed by atoms with E-state index in [-0.39, 0.29) is 6.07 Å². The van der Waals surface area contributed by atoms with Crippen molar-refractivity contribution >= 4 is 39.1 Å². The first-order valence-corrected chi connectivity index (χ1v) is 6.00. The number of anilines is 1. The molecule has 0 aliphatic carbocycles. The van der Waals surface area contributed by atoms with E-state index >= 15 is 0 Å². The fourth-order valence-corrected chi connectivity index (χ4v) is 2.37. The molecule has 0 aliphatic heterocycles. The summed E-state index contributed by atoms with van der Waals surface area (Å²) in [4.78, 5) is -2.26. The molecular formula is C6H4Cl2F5NS. The van der Waals surface area contributed by atoms with E-state index in [0.717, 1.165) is 6.07 Å². The summed E-state index contributed by atoms with van der Waals surface area (Å²) in [6, 6.07) is 0.912. The molecule has 1 nitrogen and oxygen atoms in total. The average Bonchev–Trinajstić information content (AvgIpc) is 1.91. The Balaban J connectivity index is 3.68. The molecule has 0 unspecified atom stereocenters. The highest BCUT2D eigenvalue weighted by Crippen LogP contribution is 3.02. The van der Waals surface area contributed by atoms with Gasteiger partial charge in [-0.2, -0.15) is 0 Å². The molecule has 0 atom stereocenters. The van der Waals surface area contributed by atoms with Crippen molar-refractivity contribution in [3.05, 3.63) is 22.2 Å². The lowest BCUT2D eigenvalue weighted by Crippen LogP contribution is -2.09. The second-order valence-electron chi connectivity index (χ2n) is 2.77. The molecule has 0 amide bonds. The first-order chi connectivity index (χ1) is 6.31. The van der Waals surface area contributed by atoms with E-state index in [2.05, 4.69) is 0 Å². The van der Waals surface area contributed by atoms with E-state index in [1.165, 1.54) is 0 Å². The summed E-state index contributed by atoms with van der Waals surface area (Å²) in [7, 11) is -9.84. The van der Waals surface area contributed by atoms with Gasteiger partial charge in [0.05, 0.1) is 10.7 Å². The Hall–Kier alpha value is -0.400. The molecule has 9 heteroatoms. The van der Waals surface area contributed by atoms with E-state index in [0.29, 0.717) is 0 Å². The molecule has 0 saturated carbocycles. The molecule has 15 heavy (non-hydrogen) atoms. The van der Waals surface area contributed by atoms with Crippen LogP contribution >= 0.6 is 33.4 Å². The minimum absolute atomic E-state index is 0.0598. The van der Waals surface area contributed by atoms with Gasteiger partial charge in [-0.15, -0.1) is 0 Å². The summed E-state index contributed by atoms with van der Waals surface area (Å²) in [5.41, 5.74) is 3.62. The van der Waals surface area contributed by atoms with Crippen molar-refractivity contribution in [2.75, 3.05) is 5.73 Å². The van der Waals surface area contributed by atoms with Crippen molar-refractivity contribution in [1.29, 1.82) is 0 Å². The van der Waals surface area contributed by atoms with Gasteiger partial charge in [-0.1, -0.05) is 42.6 Å². The Labute approximate surface area is 91.7 Å². The molecule has 0 aromatic heterocycles. The van der Waals surface area contributed by atoms with Crippen LogP contribution in [0.3, 0.4) is 0 Å². The highest BCUT2D eigenvalue weighted by Gasteiger charge is 2.66. The summed E-state index contributed by atoms with van der Waals surface area (Å²) < 4.78 is 61.9. The number of rotatable bonds is 1. The normalized spacial score (nSPS) is 17.0. The van der Waals surface area contributed by atoms with Crippen LogP contribution in [0.2, 0.25) is 10.0 Å². The third-order valence-electron chi connectivity index (χ3n) is 1.47. The zero-order valence-electron chi connectivity index (χ0n) is 6.79. The van der Waals surface area contributed by atoms with E-state index in [4.69, 9.17) is 28.9 Å². The molecular weight excluding hydrogens is 284 g/mol. The highest BCUT2D eigenvalue weighted by atomic mass is 35.5. The van der Waals surface area contributed by atoms with Crippen molar-refractivity contribution in [2.24, 2.45) is 0 Å². The zero-order valence-corrected chi connectivity index (χ0v) is 9.11. The summed E-state index contributed by atoms with van der Waals surface area (Å²) in [6.07, 6.45) is 0. The maximum atomic E-state index is 12.4. The van der Waals surface area contributed by atoms with Gasteiger partial charge in [-0.3, -0.25) is 0 Å². The van der Waals surface area contributed by atoms with Crippen LogP contribution in [0.4, 0.5) is 25.1 Å². The van der Waals surface area contributed by atoms with Crippen molar-refractivity contribution in [2.45, 2.75) is 4.90 Å². The number of nitrogen functional groups attached to an aromatic ring is 1. The summed E-state index contributed by atoms with van der Waals surface area (Å²) >= 11 is 10.4. The van der Waals surface area contributed by atoms with Crippen molar-refractivity contribution in [1.82, 2.24) is 0 Å². The fourth-order valence-electron chi connectivity index (χ4n) is 0.880. The molecule has 0 fully saturated rings. The van der Waals surface area contributed by atoms with E-state index in [1.54, 1.807) is 0 Å². The first kappa shape index (κ1) is 12.7. The van der Waals surface area contributed by atoms with E-state index < -0.39 is 30.9 Å². The Morgan fingerprint density at radius 2 is 1.47 bits per heavy atom. The number of hydrogen-bond acceptors (Lipinski definition) is 1. The molecule has 0 bridgehead atoms. The number of hydrogen-bond donors (Lipinski definition) is 1. The molecule has 2 N–H and O–H groups in total. The Morgan fingerprint density at radius 3 is 1.87 bits per heavy atom. The molecule has 0 saturated heterocycles. The molecule has 1 rings (SSSR count). The third kappa shape index (κ3) is 2.79. The van der Waals surface area contributed by atoms with Crippen LogP contribution in [-0.4, -0.2) is 0 Å². The predicted molar refractivity (Wildman–Crippen MR) is 52.3 cm³/mol. The number of benzene rings is 1. The van der Waals surface area contributed by atoms with Gasteiger partial charge in [0.2, 0.25) is 0 Å². The third-order valence-corrected chi connectivity index (χ3v) is 3.17. The van der Waals surface area contributed by atoms with Crippen LogP contribution in [0.25, 0.3) is 0 Å². The van der Waals surface area contributed by atoms with Gasteiger partial charge >= 0.3 is 10.2 Å². The van der Waals surface area contributed by atoms with Gasteiger partial charge < -0.3 is 5.73 Å². The molecule has 88 valence electrons. The molecule has 0 spiro atoms. The van der Waals surface area contributed by atoms with Crippen LogP contribution in [0, 0.1) is 0 Å². The largest absolute Gasteiger partial charge is 0.396 e. The lowest BCUT2D eigenvalue weighted by molar-refractivity contribution is 0.365. The van der Waals surface area contributed by atoms with Gasteiger partial charge in [-0.25, -0.2) is 0 Å². The molecule has 0 heterocycles. The van der Waals surface area contributed by atoms with Crippen LogP contribution in [0.5, 0.6) is 0 Å². The van der Waals surface area contributed by atoms with Crippen LogP contribution in [0.1, 0.15) is 0 Å². The first-order valence-electron chi connectivity index (χ1n) is 3.30. The Kier molecular flexibility index (Phi) is 2.23. The predicted octanol–water partition coefficient (Wildman–Crippen LogP) is 5.23. The maximum Gasteiger partial charge on any atom is 0.312 e. The molecule has 1 aromatic carbocycles. The Bertz CT molecular complexity index is 428. The topological polar surface area (TPSA) is 26.0 Å². The number of nitrogens with two attached hydrogens (primary N) is 1. The summed E-state index contributed by atoms with van der Waals surface area (Å²) in [5.74, 6) is 0. The van der Waals surface area contributed by atoms with Crippen LogP contribution in [0.15, 0.2) is 17.0 Å². The van der Waals surface area contributed by atoms with Gasteiger partial charge in [0.15, 0.2) is 0 Å². The van der Waals surface area contributed by atoms with Crippen molar-refractivity contribution in [3.63, 3.8) is 0 Å². The minimum Gasteiger partial charge on any atom is -0.396 e. The van der Waals surface area contributed by atoms with E-state index in [1.807, 2.05) is 0 Å². The highest BCUT2D eigenvalue weighted by molar-refractivity contribution is 8.45. The van der Waals surface area contributed by atoms with Crippen LogP contribution < -0.4 is 5.73 Å². The second kappa shape index (κ2) is 2.64. The Morgan fingerprint density at radius 1 is 1.00 bits per heavy atom. The monoisotopic (exact) mass is 287 g/mol. The maximum absolute atomic E-state index is 12.4. The second-order valence-corrected chi connectivity index (χ2v) is 5.99. The lowest BCUT2D eigenvalue weighted by atomic mass is 10.3. The van der Waals surface area contributed by atoms with Gasteiger partial charge in [0.25, 0.3) is 0 Å². The van der Waals surface area contributed by atoms with Gasteiger partial charge in [-0.05, 0) is 12.1 Å². The van der Waals surface area contributed by atoms with E-state index in [9.17, 15) is 19.4 Å². The van der Waals surface area contributed by atoms with Crippen LogP contribution in [-0.2, 0) is 0 Å². The standard InChI is InChI=1S/C6H4Cl2F5NS/c7-3-1-4(8)6(14)5(2-3)15(9,10,11,12)13/h1-2H,14H2.